The van der Waals surface area contributed by atoms with Crippen LogP contribution in [0.1, 0.15) is 40.0 Å². The third-order valence-corrected chi connectivity index (χ3v) is 3.88. The molecule has 2 aliphatic heterocycles. The summed E-state index contributed by atoms with van der Waals surface area (Å²) >= 11 is 0. The lowest BCUT2D eigenvalue weighted by Gasteiger charge is -2.39. The van der Waals surface area contributed by atoms with E-state index in [0.29, 0.717) is 32.4 Å². The quantitative estimate of drug-likeness (QED) is 0.796. The summed E-state index contributed by atoms with van der Waals surface area (Å²) in [6.45, 7) is 6.92. The van der Waals surface area contributed by atoms with E-state index in [0.717, 1.165) is 0 Å². The molecule has 1 spiro atoms. The van der Waals surface area contributed by atoms with Gasteiger partial charge in [0.25, 0.3) is 0 Å². The maximum atomic E-state index is 12.0. The first-order valence-electron chi connectivity index (χ1n) is 7.05. The zero-order valence-electron chi connectivity index (χ0n) is 12.3. The zero-order chi connectivity index (χ0) is 15.0. The van der Waals surface area contributed by atoms with E-state index < -0.39 is 17.5 Å². The number of nitrogens with zero attached hydrogens (tertiary/aromatic N) is 1. The fraction of sp³-hybridized carbons (Fsp3) is 0.857. The van der Waals surface area contributed by atoms with E-state index in [1.807, 2.05) is 20.8 Å². The number of hydrogen-bond donors (Lipinski definition) is 1. The topological polar surface area (TPSA) is 76.1 Å². The number of piperidine rings is 1. The number of carboxylic acids is 1. The number of rotatable bonds is 1. The minimum atomic E-state index is -0.795. The van der Waals surface area contributed by atoms with Gasteiger partial charge >= 0.3 is 12.1 Å². The highest BCUT2D eigenvalue weighted by Crippen LogP contribution is 2.38. The van der Waals surface area contributed by atoms with Crippen molar-refractivity contribution in [3.63, 3.8) is 0 Å². The summed E-state index contributed by atoms with van der Waals surface area (Å²) in [4.78, 5) is 24.6. The fourth-order valence-corrected chi connectivity index (χ4v) is 2.77. The fourth-order valence-electron chi connectivity index (χ4n) is 2.77. The lowest BCUT2D eigenvalue weighted by molar-refractivity contribution is -0.141. The first-order valence-corrected chi connectivity index (χ1v) is 7.05. The van der Waals surface area contributed by atoms with E-state index in [1.165, 1.54) is 0 Å². The van der Waals surface area contributed by atoms with Crippen molar-refractivity contribution in [2.24, 2.45) is 5.92 Å². The molecule has 0 unspecified atom stereocenters. The Balaban J connectivity index is 1.87. The molecule has 0 aromatic carbocycles. The molecule has 1 atom stereocenters. The highest BCUT2D eigenvalue weighted by Gasteiger charge is 2.45. The van der Waals surface area contributed by atoms with Gasteiger partial charge < -0.3 is 19.5 Å². The Morgan fingerprint density at radius 3 is 2.35 bits per heavy atom. The Morgan fingerprint density at radius 2 is 1.90 bits per heavy atom. The van der Waals surface area contributed by atoms with Crippen molar-refractivity contribution in [1.82, 2.24) is 4.90 Å². The standard InChI is InChI=1S/C14H23NO5/c1-13(2,3)20-12(18)15-6-4-14(5-7-15)8-10(9-19-14)11(16)17/h10H,4-9H2,1-3H3,(H,16,17)/t10-/m1/s1. The van der Waals surface area contributed by atoms with Crippen molar-refractivity contribution in [3.8, 4) is 0 Å². The largest absolute Gasteiger partial charge is 0.481 e. The van der Waals surface area contributed by atoms with Gasteiger partial charge in [0, 0.05) is 13.1 Å². The molecule has 0 aromatic heterocycles. The van der Waals surface area contributed by atoms with Crippen molar-refractivity contribution in [3.05, 3.63) is 0 Å². The molecule has 6 heteroatoms. The van der Waals surface area contributed by atoms with Crippen LogP contribution in [0.3, 0.4) is 0 Å². The first-order chi connectivity index (χ1) is 9.21. The minimum Gasteiger partial charge on any atom is -0.481 e. The first kappa shape index (κ1) is 15.1. The molecule has 0 radical (unpaired) electrons. The highest BCUT2D eigenvalue weighted by molar-refractivity contribution is 5.71. The molecular weight excluding hydrogens is 262 g/mol. The zero-order valence-corrected chi connectivity index (χ0v) is 12.3. The molecule has 6 nitrogen and oxygen atoms in total. The van der Waals surface area contributed by atoms with Gasteiger partial charge in [-0.05, 0) is 40.0 Å². The Hall–Kier alpha value is -1.30. The summed E-state index contributed by atoms with van der Waals surface area (Å²) in [5.41, 5.74) is -0.855. The van der Waals surface area contributed by atoms with Crippen LogP contribution in [0.25, 0.3) is 0 Å². The molecule has 2 aliphatic rings. The maximum absolute atomic E-state index is 12.0. The molecule has 114 valence electrons. The van der Waals surface area contributed by atoms with Gasteiger partial charge in [0.05, 0.1) is 18.1 Å². The van der Waals surface area contributed by atoms with Crippen LogP contribution in [0.5, 0.6) is 0 Å². The SMILES string of the molecule is CC(C)(C)OC(=O)N1CCC2(CC1)C[C@@H](C(=O)O)CO2. The second kappa shape index (κ2) is 5.24. The summed E-state index contributed by atoms with van der Waals surface area (Å²) in [6.07, 6.45) is 1.59. The Labute approximate surface area is 119 Å². The van der Waals surface area contributed by atoms with E-state index in [-0.39, 0.29) is 18.3 Å². The van der Waals surface area contributed by atoms with Gasteiger partial charge in [0.2, 0.25) is 0 Å². The third kappa shape index (κ3) is 3.42. The predicted molar refractivity (Wildman–Crippen MR) is 71.5 cm³/mol. The number of likely N-dealkylation sites (tertiary alicyclic amines) is 1. The summed E-state index contributed by atoms with van der Waals surface area (Å²) in [6, 6.07) is 0. The van der Waals surface area contributed by atoms with Crippen LogP contribution in [-0.2, 0) is 14.3 Å². The molecule has 0 saturated carbocycles. The molecular formula is C14H23NO5. The molecule has 1 N–H and O–H groups in total. The molecule has 2 saturated heterocycles. The smallest absolute Gasteiger partial charge is 0.410 e. The highest BCUT2D eigenvalue weighted by atomic mass is 16.6. The van der Waals surface area contributed by atoms with Crippen molar-refractivity contribution in [2.75, 3.05) is 19.7 Å². The predicted octanol–water partition coefficient (Wildman–Crippen LogP) is 1.88. The van der Waals surface area contributed by atoms with Crippen LogP contribution in [0, 0.1) is 5.92 Å². The van der Waals surface area contributed by atoms with Crippen LogP contribution in [-0.4, -0.2) is 53.0 Å². The molecule has 2 heterocycles. The van der Waals surface area contributed by atoms with E-state index in [9.17, 15) is 9.59 Å². The van der Waals surface area contributed by atoms with Gasteiger partial charge in [-0.15, -0.1) is 0 Å². The number of carbonyl (C=O) groups excluding carboxylic acids is 1. The van der Waals surface area contributed by atoms with Gasteiger partial charge in [-0.3, -0.25) is 4.79 Å². The van der Waals surface area contributed by atoms with Crippen molar-refractivity contribution < 1.29 is 24.2 Å². The molecule has 0 bridgehead atoms. The van der Waals surface area contributed by atoms with Crippen LogP contribution < -0.4 is 0 Å². The molecule has 0 aliphatic carbocycles. The van der Waals surface area contributed by atoms with Crippen molar-refractivity contribution >= 4 is 12.1 Å². The van der Waals surface area contributed by atoms with Crippen molar-refractivity contribution in [2.45, 2.75) is 51.2 Å². The molecule has 0 aromatic rings. The molecule has 1 amide bonds. The molecule has 2 rings (SSSR count). The third-order valence-electron chi connectivity index (χ3n) is 3.88. The van der Waals surface area contributed by atoms with Crippen LogP contribution in [0.4, 0.5) is 4.79 Å². The van der Waals surface area contributed by atoms with Gasteiger partial charge in [-0.2, -0.15) is 0 Å². The lowest BCUT2D eigenvalue weighted by Crippen LogP contribution is -2.48. The van der Waals surface area contributed by atoms with E-state index in [4.69, 9.17) is 14.6 Å². The van der Waals surface area contributed by atoms with Crippen LogP contribution in [0.15, 0.2) is 0 Å². The average molecular weight is 285 g/mol. The van der Waals surface area contributed by atoms with Gasteiger partial charge in [0.1, 0.15) is 5.60 Å². The average Bonchev–Trinajstić information content (AvgIpc) is 2.72. The molecule has 2 fully saturated rings. The number of ether oxygens (including phenoxy) is 2. The number of aliphatic carboxylic acids is 1. The van der Waals surface area contributed by atoms with Gasteiger partial charge in [-0.1, -0.05) is 0 Å². The Morgan fingerprint density at radius 1 is 1.30 bits per heavy atom. The van der Waals surface area contributed by atoms with E-state index >= 15 is 0 Å². The summed E-state index contributed by atoms with van der Waals surface area (Å²) < 4.78 is 11.1. The van der Waals surface area contributed by atoms with E-state index in [2.05, 4.69) is 0 Å². The Kier molecular flexibility index (Phi) is 3.95. The number of hydrogen-bond acceptors (Lipinski definition) is 4. The minimum absolute atomic E-state index is 0.280. The monoisotopic (exact) mass is 285 g/mol. The number of carboxylic acid groups (broad SMARTS) is 1. The maximum Gasteiger partial charge on any atom is 0.410 e. The number of carbonyl (C=O) groups is 2. The Bertz CT molecular complexity index is 393. The van der Waals surface area contributed by atoms with Crippen molar-refractivity contribution in [1.29, 1.82) is 0 Å². The summed E-state index contributed by atoms with van der Waals surface area (Å²) in [5, 5.41) is 9.03. The van der Waals surface area contributed by atoms with Gasteiger partial charge in [-0.25, -0.2) is 4.79 Å². The van der Waals surface area contributed by atoms with E-state index in [1.54, 1.807) is 4.90 Å². The van der Waals surface area contributed by atoms with Gasteiger partial charge in [0.15, 0.2) is 0 Å². The normalized spacial score (nSPS) is 25.8. The molecule has 20 heavy (non-hydrogen) atoms. The lowest BCUT2D eigenvalue weighted by atomic mass is 9.85. The second-order valence-electron chi connectivity index (χ2n) is 6.70. The van der Waals surface area contributed by atoms with Crippen LogP contribution >= 0.6 is 0 Å². The number of amides is 1. The van der Waals surface area contributed by atoms with Crippen LogP contribution in [0.2, 0.25) is 0 Å². The summed E-state index contributed by atoms with van der Waals surface area (Å²) in [5.74, 6) is -1.21. The summed E-state index contributed by atoms with van der Waals surface area (Å²) in [7, 11) is 0. The second-order valence-corrected chi connectivity index (χ2v) is 6.70.